The SMILES string of the molecule is CC(C)(C)C(=O)Nc1cccc(C(=O)NCC2(c3cccc(Cl)c3)CCOCC2)c1. The molecule has 2 aromatic carbocycles. The minimum atomic E-state index is -0.509. The average molecular weight is 429 g/mol. The summed E-state index contributed by atoms with van der Waals surface area (Å²) >= 11 is 6.22. The van der Waals surface area contributed by atoms with Crippen LogP contribution in [-0.2, 0) is 14.9 Å². The van der Waals surface area contributed by atoms with Crippen LogP contribution >= 0.6 is 11.6 Å². The third kappa shape index (κ3) is 5.41. The van der Waals surface area contributed by atoms with Crippen molar-refractivity contribution < 1.29 is 14.3 Å². The Labute approximate surface area is 183 Å². The number of anilines is 1. The molecule has 2 aromatic rings. The van der Waals surface area contributed by atoms with Crippen molar-refractivity contribution in [3.63, 3.8) is 0 Å². The molecule has 1 aliphatic heterocycles. The van der Waals surface area contributed by atoms with Crippen LogP contribution in [0.1, 0.15) is 49.5 Å². The maximum atomic E-state index is 12.9. The molecule has 30 heavy (non-hydrogen) atoms. The number of hydrogen-bond acceptors (Lipinski definition) is 3. The lowest BCUT2D eigenvalue weighted by Crippen LogP contribution is -2.44. The molecule has 160 valence electrons. The van der Waals surface area contributed by atoms with E-state index in [1.807, 2.05) is 39.0 Å². The highest BCUT2D eigenvalue weighted by Gasteiger charge is 2.35. The van der Waals surface area contributed by atoms with Gasteiger partial charge in [-0.15, -0.1) is 0 Å². The Morgan fingerprint density at radius 3 is 2.43 bits per heavy atom. The molecule has 3 rings (SSSR count). The highest BCUT2D eigenvalue weighted by molar-refractivity contribution is 6.30. The molecule has 5 nitrogen and oxygen atoms in total. The predicted octanol–water partition coefficient (Wildman–Crippen LogP) is 4.80. The van der Waals surface area contributed by atoms with Crippen LogP contribution in [0.25, 0.3) is 0 Å². The fourth-order valence-electron chi connectivity index (χ4n) is 3.56. The Morgan fingerprint density at radius 2 is 1.77 bits per heavy atom. The van der Waals surface area contributed by atoms with Gasteiger partial charge in [0.25, 0.3) is 5.91 Å². The van der Waals surface area contributed by atoms with Gasteiger partial charge in [-0.05, 0) is 48.7 Å². The van der Waals surface area contributed by atoms with Crippen molar-refractivity contribution in [1.82, 2.24) is 5.32 Å². The largest absolute Gasteiger partial charge is 0.381 e. The first-order valence-electron chi connectivity index (χ1n) is 10.2. The molecule has 1 fully saturated rings. The number of halogens is 1. The van der Waals surface area contributed by atoms with E-state index in [0.29, 0.717) is 36.0 Å². The molecule has 1 saturated heterocycles. The lowest BCUT2D eigenvalue weighted by molar-refractivity contribution is -0.123. The number of amides is 2. The Kier molecular flexibility index (Phi) is 6.84. The maximum Gasteiger partial charge on any atom is 0.251 e. The van der Waals surface area contributed by atoms with Crippen LogP contribution in [0.4, 0.5) is 5.69 Å². The van der Waals surface area contributed by atoms with E-state index in [1.165, 1.54) is 0 Å². The van der Waals surface area contributed by atoms with Crippen LogP contribution in [0.2, 0.25) is 5.02 Å². The Morgan fingerprint density at radius 1 is 1.07 bits per heavy atom. The van der Waals surface area contributed by atoms with Crippen molar-refractivity contribution in [2.45, 2.75) is 39.0 Å². The molecule has 6 heteroatoms. The Bertz CT molecular complexity index is 915. The number of rotatable bonds is 5. The van der Waals surface area contributed by atoms with Gasteiger partial charge < -0.3 is 15.4 Å². The quantitative estimate of drug-likeness (QED) is 0.718. The lowest BCUT2D eigenvalue weighted by Gasteiger charge is -2.38. The van der Waals surface area contributed by atoms with Crippen molar-refractivity contribution in [3.05, 3.63) is 64.7 Å². The van der Waals surface area contributed by atoms with Gasteiger partial charge in [0.15, 0.2) is 0 Å². The first-order chi connectivity index (χ1) is 14.2. The first kappa shape index (κ1) is 22.3. The second-order valence-corrected chi connectivity index (χ2v) is 9.31. The zero-order valence-corrected chi connectivity index (χ0v) is 18.5. The van der Waals surface area contributed by atoms with Crippen LogP contribution in [0, 0.1) is 5.41 Å². The third-order valence-electron chi connectivity index (χ3n) is 5.54. The monoisotopic (exact) mass is 428 g/mol. The number of hydrogen-bond donors (Lipinski definition) is 2. The molecule has 0 radical (unpaired) electrons. The van der Waals surface area contributed by atoms with Crippen LogP contribution in [-0.4, -0.2) is 31.6 Å². The number of nitrogens with one attached hydrogen (secondary N) is 2. The summed E-state index contributed by atoms with van der Waals surface area (Å²) in [7, 11) is 0. The van der Waals surface area contributed by atoms with E-state index in [1.54, 1.807) is 24.3 Å². The lowest BCUT2D eigenvalue weighted by atomic mass is 9.74. The van der Waals surface area contributed by atoms with Gasteiger partial charge in [-0.25, -0.2) is 0 Å². The fraction of sp³-hybridized carbons (Fsp3) is 0.417. The third-order valence-corrected chi connectivity index (χ3v) is 5.77. The van der Waals surface area contributed by atoms with E-state index >= 15 is 0 Å². The summed E-state index contributed by atoms with van der Waals surface area (Å²) < 4.78 is 5.56. The predicted molar refractivity (Wildman–Crippen MR) is 120 cm³/mol. The smallest absolute Gasteiger partial charge is 0.251 e. The maximum absolute atomic E-state index is 12.9. The molecule has 2 N–H and O–H groups in total. The van der Waals surface area contributed by atoms with Gasteiger partial charge in [0.05, 0.1) is 0 Å². The topological polar surface area (TPSA) is 67.4 Å². The van der Waals surface area contributed by atoms with Crippen molar-refractivity contribution in [3.8, 4) is 0 Å². The van der Waals surface area contributed by atoms with Crippen molar-refractivity contribution in [1.29, 1.82) is 0 Å². The number of benzene rings is 2. The molecule has 0 spiro atoms. The minimum Gasteiger partial charge on any atom is -0.381 e. The molecular formula is C24H29ClN2O3. The van der Waals surface area contributed by atoms with Gasteiger partial charge in [0.2, 0.25) is 5.91 Å². The van der Waals surface area contributed by atoms with E-state index < -0.39 is 5.41 Å². The molecule has 0 atom stereocenters. The molecular weight excluding hydrogens is 400 g/mol. The molecule has 0 aliphatic carbocycles. The van der Waals surface area contributed by atoms with Gasteiger partial charge in [-0.2, -0.15) is 0 Å². The second kappa shape index (κ2) is 9.19. The van der Waals surface area contributed by atoms with Crippen LogP contribution in [0.5, 0.6) is 0 Å². The molecule has 0 unspecified atom stereocenters. The fourth-order valence-corrected chi connectivity index (χ4v) is 3.75. The molecule has 0 saturated carbocycles. The van der Waals surface area contributed by atoms with Crippen molar-refractivity contribution in [2.75, 3.05) is 25.1 Å². The molecule has 1 aliphatic rings. The number of carbonyl (C=O) groups is 2. The summed E-state index contributed by atoms with van der Waals surface area (Å²) in [6.07, 6.45) is 1.63. The molecule has 2 amide bonds. The molecule has 0 aromatic heterocycles. The average Bonchev–Trinajstić information content (AvgIpc) is 2.72. The zero-order valence-electron chi connectivity index (χ0n) is 17.8. The van der Waals surface area contributed by atoms with Crippen molar-refractivity contribution in [2.24, 2.45) is 5.41 Å². The van der Waals surface area contributed by atoms with Gasteiger partial charge in [0.1, 0.15) is 0 Å². The van der Waals surface area contributed by atoms with E-state index in [9.17, 15) is 9.59 Å². The Hall–Kier alpha value is -2.37. The van der Waals surface area contributed by atoms with Gasteiger partial charge in [-0.3, -0.25) is 9.59 Å². The van der Waals surface area contributed by atoms with Gasteiger partial charge in [0, 0.05) is 46.9 Å². The standard InChI is InChI=1S/C24H29ClN2O3/c1-23(2,3)22(29)27-20-9-4-6-17(14-20)21(28)26-16-24(10-12-30-13-11-24)18-7-5-8-19(25)15-18/h4-9,14-15H,10-13,16H2,1-3H3,(H,26,28)(H,27,29). The van der Waals surface area contributed by atoms with E-state index in [4.69, 9.17) is 16.3 Å². The van der Waals surface area contributed by atoms with Gasteiger partial charge >= 0.3 is 0 Å². The number of carbonyl (C=O) groups excluding carboxylic acids is 2. The summed E-state index contributed by atoms with van der Waals surface area (Å²) in [6, 6.07) is 14.8. The minimum absolute atomic E-state index is 0.0952. The second-order valence-electron chi connectivity index (χ2n) is 8.87. The first-order valence-corrected chi connectivity index (χ1v) is 10.6. The van der Waals surface area contributed by atoms with E-state index in [-0.39, 0.29) is 17.2 Å². The summed E-state index contributed by atoms with van der Waals surface area (Å²) in [5.74, 6) is -0.267. The van der Waals surface area contributed by atoms with Crippen LogP contribution < -0.4 is 10.6 Å². The van der Waals surface area contributed by atoms with Crippen LogP contribution in [0.15, 0.2) is 48.5 Å². The van der Waals surface area contributed by atoms with E-state index in [2.05, 4.69) is 16.7 Å². The van der Waals surface area contributed by atoms with Gasteiger partial charge in [-0.1, -0.05) is 50.6 Å². The van der Waals surface area contributed by atoms with Crippen LogP contribution in [0.3, 0.4) is 0 Å². The highest BCUT2D eigenvalue weighted by Crippen LogP contribution is 2.35. The summed E-state index contributed by atoms with van der Waals surface area (Å²) in [6.45, 7) is 7.34. The Balaban J connectivity index is 1.73. The molecule has 0 bridgehead atoms. The summed E-state index contributed by atoms with van der Waals surface area (Å²) in [4.78, 5) is 25.1. The summed E-state index contributed by atoms with van der Waals surface area (Å²) in [5.41, 5.74) is 1.51. The van der Waals surface area contributed by atoms with E-state index in [0.717, 1.165) is 18.4 Å². The summed E-state index contributed by atoms with van der Waals surface area (Å²) in [5, 5.41) is 6.65. The van der Waals surface area contributed by atoms with Crippen molar-refractivity contribution >= 4 is 29.1 Å². The molecule has 1 heterocycles. The highest BCUT2D eigenvalue weighted by atomic mass is 35.5. The number of ether oxygens (including phenoxy) is 1. The normalized spacial score (nSPS) is 16.0. The zero-order chi connectivity index (χ0) is 21.8.